The summed E-state index contributed by atoms with van der Waals surface area (Å²) in [6.45, 7) is 2.34. The maximum atomic E-state index is 12.9. The second-order valence-electron chi connectivity index (χ2n) is 7.22. The molecule has 0 saturated heterocycles. The molecule has 116 valence electrons. The van der Waals surface area contributed by atoms with E-state index in [1.807, 2.05) is 6.07 Å². The summed E-state index contributed by atoms with van der Waals surface area (Å²) in [5.74, 6) is 3.19. The van der Waals surface area contributed by atoms with Crippen LogP contribution >= 0.6 is 0 Å². The Kier molecular flexibility index (Phi) is 4.92. The van der Waals surface area contributed by atoms with Gasteiger partial charge in [0, 0.05) is 6.20 Å². The number of pyridine rings is 1. The van der Waals surface area contributed by atoms with Crippen molar-refractivity contribution in [2.75, 3.05) is 0 Å². The van der Waals surface area contributed by atoms with Crippen molar-refractivity contribution in [1.82, 2.24) is 4.98 Å². The molecule has 0 amide bonds. The van der Waals surface area contributed by atoms with Gasteiger partial charge in [0.25, 0.3) is 0 Å². The fourth-order valence-electron chi connectivity index (χ4n) is 4.62. The summed E-state index contributed by atoms with van der Waals surface area (Å²) in [5.41, 5.74) is 1.24. The molecule has 2 fully saturated rings. The third-order valence-electron chi connectivity index (χ3n) is 6.13. The number of hydrogen-bond acceptors (Lipinski definition) is 1. The van der Waals surface area contributed by atoms with Crippen LogP contribution in [-0.4, -0.2) is 4.98 Å². The molecule has 0 radical (unpaired) electrons. The van der Waals surface area contributed by atoms with Gasteiger partial charge in [-0.3, -0.25) is 0 Å². The number of halogens is 1. The van der Waals surface area contributed by atoms with Gasteiger partial charge < -0.3 is 0 Å². The average Bonchev–Trinajstić information content (AvgIpc) is 2.56. The predicted octanol–water partition coefficient (Wildman–Crippen LogP) is 5.71. The highest BCUT2D eigenvalue weighted by Gasteiger charge is 2.30. The Morgan fingerprint density at radius 3 is 2.10 bits per heavy atom. The SMILES string of the molecule is CCC1CCC(C2CCC(c3ccc(F)nc3)CC2)CC1. The fraction of sp³-hybridized carbons (Fsp3) is 0.737. The molecule has 3 rings (SSSR count). The van der Waals surface area contributed by atoms with Crippen LogP contribution in [0.2, 0.25) is 0 Å². The minimum absolute atomic E-state index is 0.361. The third kappa shape index (κ3) is 3.64. The van der Waals surface area contributed by atoms with E-state index in [-0.39, 0.29) is 5.95 Å². The quantitative estimate of drug-likeness (QED) is 0.649. The van der Waals surface area contributed by atoms with Gasteiger partial charge in [-0.2, -0.15) is 4.39 Å². The molecule has 0 N–H and O–H groups in total. The standard InChI is InChI=1S/C19H28FN/c1-2-14-3-5-15(6-4-14)16-7-9-17(10-8-16)18-11-12-19(20)21-13-18/h11-17H,2-10H2,1H3. The molecular weight excluding hydrogens is 261 g/mol. The molecule has 0 spiro atoms. The number of hydrogen-bond donors (Lipinski definition) is 0. The lowest BCUT2D eigenvalue weighted by molar-refractivity contribution is 0.158. The van der Waals surface area contributed by atoms with Gasteiger partial charge >= 0.3 is 0 Å². The van der Waals surface area contributed by atoms with Gasteiger partial charge in [-0.25, -0.2) is 4.98 Å². The molecule has 1 nitrogen and oxygen atoms in total. The van der Waals surface area contributed by atoms with Crippen LogP contribution < -0.4 is 0 Å². The van der Waals surface area contributed by atoms with Crippen molar-refractivity contribution in [3.63, 3.8) is 0 Å². The van der Waals surface area contributed by atoms with Crippen LogP contribution in [0, 0.1) is 23.7 Å². The van der Waals surface area contributed by atoms with E-state index in [4.69, 9.17) is 0 Å². The topological polar surface area (TPSA) is 12.9 Å². The molecule has 0 bridgehead atoms. The summed E-state index contributed by atoms with van der Waals surface area (Å²) in [6.07, 6.45) is 14.2. The van der Waals surface area contributed by atoms with Crippen LogP contribution in [0.15, 0.2) is 18.3 Å². The Morgan fingerprint density at radius 2 is 1.57 bits per heavy atom. The number of aromatic nitrogens is 1. The van der Waals surface area contributed by atoms with Gasteiger partial charge in [0.15, 0.2) is 0 Å². The average molecular weight is 289 g/mol. The largest absolute Gasteiger partial charge is 0.228 e. The van der Waals surface area contributed by atoms with E-state index in [0.717, 1.165) is 17.8 Å². The van der Waals surface area contributed by atoms with Gasteiger partial charge in [-0.05, 0) is 73.8 Å². The number of rotatable bonds is 3. The Hall–Kier alpha value is -0.920. The van der Waals surface area contributed by atoms with Gasteiger partial charge in [-0.1, -0.05) is 32.3 Å². The summed E-state index contributed by atoms with van der Waals surface area (Å²) in [7, 11) is 0. The first-order valence-corrected chi connectivity index (χ1v) is 8.87. The Labute approximate surface area is 128 Å². The lowest BCUT2D eigenvalue weighted by Gasteiger charge is -2.37. The van der Waals surface area contributed by atoms with Gasteiger partial charge in [0.05, 0.1) is 0 Å². The van der Waals surface area contributed by atoms with E-state index >= 15 is 0 Å². The summed E-state index contributed by atoms with van der Waals surface area (Å²) in [5, 5.41) is 0. The normalized spacial score (nSPS) is 33.8. The zero-order valence-corrected chi connectivity index (χ0v) is 13.2. The molecule has 1 heterocycles. The lowest BCUT2D eigenvalue weighted by Crippen LogP contribution is -2.25. The highest BCUT2D eigenvalue weighted by molar-refractivity contribution is 5.15. The molecule has 2 aliphatic carbocycles. The van der Waals surface area contributed by atoms with Crippen molar-refractivity contribution >= 4 is 0 Å². The first kappa shape index (κ1) is 15.0. The molecule has 1 aromatic rings. The molecule has 0 atom stereocenters. The van der Waals surface area contributed by atoms with Crippen LogP contribution in [0.1, 0.15) is 76.2 Å². The van der Waals surface area contributed by atoms with E-state index < -0.39 is 0 Å². The molecule has 0 unspecified atom stereocenters. The van der Waals surface area contributed by atoms with E-state index in [1.165, 1.54) is 69.4 Å². The summed E-state index contributed by atoms with van der Waals surface area (Å²) >= 11 is 0. The van der Waals surface area contributed by atoms with Crippen molar-refractivity contribution in [3.05, 3.63) is 29.8 Å². The fourth-order valence-corrected chi connectivity index (χ4v) is 4.62. The highest BCUT2D eigenvalue weighted by Crippen LogP contribution is 2.44. The van der Waals surface area contributed by atoms with Crippen LogP contribution in [0.4, 0.5) is 4.39 Å². The Balaban J connectivity index is 1.50. The summed E-state index contributed by atoms with van der Waals surface area (Å²) < 4.78 is 12.9. The second kappa shape index (κ2) is 6.89. The van der Waals surface area contributed by atoms with E-state index in [9.17, 15) is 4.39 Å². The minimum Gasteiger partial charge on any atom is -0.228 e. The van der Waals surface area contributed by atoms with Crippen molar-refractivity contribution in [3.8, 4) is 0 Å². The van der Waals surface area contributed by atoms with Gasteiger partial charge in [-0.15, -0.1) is 0 Å². The van der Waals surface area contributed by atoms with Crippen molar-refractivity contribution in [1.29, 1.82) is 0 Å². The van der Waals surface area contributed by atoms with Crippen LogP contribution in [0.3, 0.4) is 0 Å². The molecule has 2 heteroatoms. The monoisotopic (exact) mass is 289 g/mol. The van der Waals surface area contributed by atoms with Crippen molar-refractivity contribution in [2.45, 2.75) is 70.6 Å². The maximum absolute atomic E-state index is 12.9. The summed E-state index contributed by atoms with van der Waals surface area (Å²) in [4.78, 5) is 3.81. The van der Waals surface area contributed by atoms with Crippen LogP contribution in [0.5, 0.6) is 0 Å². The molecule has 21 heavy (non-hydrogen) atoms. The Bertz CT molecular complexity index is 425. The van der Waals surface area contributed by atoms with E-state index in [1.54, 1.807) is 6.20 Å². The second-order valence-corrected chi connectivity index (χ2v) is 7.22. The maximum Gasteiger partial charge on any atom is 0.212 e. The molecule has 1 aromatic heterocycles. The summed E-state index contributed by atoms with van der Waals surface area (Å²) in [6, 6.07) is 3.44. The van der Waals surface area contributed by atoms with Crippen LogP contribution in [-0.2, 0) is 0 Å². The van der Waals surface area contributed by atoms with Gasteiger partial charge in [0.2, 0.25) is 5.95 Å². The highest BCUT2D eigenvalue weighted by atomic mass is 19.1. The van der Waals surface area contributed by atoms with Gasteiger partial charge in [0.1, 0.15) is 0 Å². The first-order chi connectivity index (χ1) is 10.3. The third-order valence-corrected chi connectivity index (χ3v) is 6.13. The molecule has 0 aliphatic heterocycles. The van der Waals surface area contributed by atoms with Crippen LogP contribution in [0.25, 0.3) is 0 Å². The molecular formula is C19H28FN. The zero-order valence-electron chi connectivity index (χ0n) is 13.2. The molecule has 2 aliphatic rings. The first-order valence-electron chi connectivity index (χ1n) is 8.87. The number of nitrogens with zero attached hydrogens (tertiary/aromatic N) is 1. The minimum atomic E-state index is -0.361. The predicted molar refractivity (Wildman–Crippen MR) is 84.6 cm³/mol. The molecule has 2 saturated carbocycles. The van der Waals surface area contributed by atoms with Crippen molar-refractivity contribution < 1.29 is 4.39 Å². The lowest BCUT2D eigenvalue weighted by atomic mass is 9.68. The smallest absolute Gasteiger partial charge is 0.212 e. The molecule has 0 aromatic carbocycles. The Morgan fingerprint density at radius 1 is 0.952 bits per heavy atom. The van der Waals surface area contributed by atoms with Crippen molar-refractivity contribution in [2.24, 2.45) is 17.8 Å². The van der Waals surface area contributed by atoms with E-state index in [0.29, 0.717) is 5.92 Å². The van der Waals surface area contributed by atoms with E-state index in [2.05, 4.69) is 11.9 Å². The zero-order chi connectivity index (χ0) is 14.7.